The van der Waals surface area contributed by atoms with Crippen molar-refractivity contribution in [2.45, 2.75) is 66.0 Å². The number of piperidine rings is 1. The fraction of sp³-hybridized carbons (Fsp3) is 0.550. The molecule has 3 nitrogen and oxygen atoms in total. The van der Waals surface area contributed by atoms with Gasteiger partial charge in [-0.05, 0) is 57.7 Å². The predicted molar refractivity (Wildman–Crippen MR) is 97.1 cm³/mol. The van der Waals surface area contributed by atoms with Crippen LogP contribution >= 0.6 is 0 Å². The minimum Gasteiger partial charge on any atom is -0.358 e. The molecule has 0 spiro atoms. The van der Waals surface area contributed by atoms with Gasteiger partial charge < -0.3 is 4.98 Å². The molecule has 2 heterocycles. The Morgan fingerprint density at radius 1 is 1.17 bits per heavy atom. The summed E-state index contributed by atoms with van der Waals surface area (Å²) in [7, 11) is 0. The third-order valence-electron chi connectivity index (χ3n) is 5.47. The molecule has 1 N–H and O–H groups in total. The van der Waals surface area contributed by atoms with E-state index in [1.807, 2.05) is 13.8 Å². The number of aromatic amines is 1. The molecule has 0 aliphatic carbocycles. The van der Waals surface area contributed by atoms with Crippen molar-refractivity contribution in [2.75, 3.05) is 6.54 Å². The average molecular weight is 312 g/mol. The molecule has 23 heavy (non-hydrogen) atoms. The lowest BCUT2D eigenvalue weighted by atomic mass is 9.97. The van der Waals surface area contributed by atoms with Gasteiger partial charge in [0.2, 0.25) is 0 Å². The summed E-state index contributed by atoms with van der Waals surface area (Å²) < 4.78 is 0. The van der Waals surface area contributed by atoms with Gasteiger partial charge in [-0.15, -0.1) is 0 Å². The lowest BCUT2D eigenvalue weighted by molar-refractivity contribution is 0.135. The number of rotatable bonds is 3. The average Bonchev–Trinajstić information content (AvgIpc) is 2.55. The Labute approximate surface area is 138 Å². The zero-order chi connectivity index (χ0) is 16.6. The maximum absolute atomic E-state index is 13.1. The van der Waals surface area contributed by atoms with Crippen LogP contribution in [0.1, 0.15) is 55.0 Å². The van der Waals surface area contributed by atoms with Gasteiger partial charge in [-0.25, -0.2) is 0 Å². The third-order valence-corrected chi connectivity index (χ3v) is 5.47. The highest BCUT2D eigenvalue weighted by atomic mass is 16.1. The lowest BCUT2D eigenvalue weighted by Gasteiger charge is -2.35. The van der Waals surface area contributed by atoms with Crippen molar-refractivity contribution in [2.24, 2.45) is 0 Å². The normalized spacial score (nSPS) is 19.4. The molecule has 1 aromatic carbocycles. The molecule has 0 amide bonds. The van der Waals surface area contributed by atoms with Crippen molar-refractivity contribution in [1.29, 1.82) is 0 Å². The second kappa shape index (κ2) is 6.48. The first-order chi connectivity index (χ1) is 11.0. The number of fused-ring (bicyclic) bond motifs is 1. The number of benzene rings is 1. The molecule has 0 radical (unpaired) electrons. The Bertz CT molecular complexity index is 775. The van der Waals surface area contributed by atoms with E-state index in [4.69, 9.17) is 0 Å². The number of nitrogens with zero attached hydrogens (tertiary/aromatic N) is 1. The van der Waals surface area contributed by atoms with Gasteiger partial charge in [0.25, 0.3) is 0 Å². The van der Waals surface area contributed by atoms with Gasteiger partial charge in [-0.1, -0.05) is 25.5 Å². The quantitative estimate of drug-likeness (QED) is 0.921. The Morgan fingerprint density at radius 3 is 2.65 bits per heavy atom. The highest BCUT2D eigenvalue weighted by Crippen LogP contribution is 2.24. The van der Waals surface area contributed by atoms with Gasteiger partial charge in [-0.2, -0.15) is 0 Å². The Balaban J connectivity index is 2.08. The molecular weight excluding hydrogens is 284 g/mol. The van der Waals surface area contributed by atoms with E-state index in [2.05, 4.69) is 35.9 Å². The molecule has 3 rings (SSSR count). The summed E-state index contributed by atoms with van der Waals surface area (Å²) in [4.78, 5) is 19.2. The number of aromatic nitrogens is 1. The van der Waals surface area contributed by atoms with Gasteiger partial charge >= 0.3 is 0 Å². The Kier molecular flexibility index (Phi) is 4.58. The zero-order valence-electron chi connectivity index (χ0n) is 14.8. The van der Waals surface area contributed by atoms with Crippen molar-refractivity contribution in [3.63, 3.8) is 0 Å². The van der Waals surface area contributed by atoms with Crippen LogP contribution in [-0.4, -0.2) is 22.5 Å². The number of aryl methyl sites for hydroxylation is 3. The van der Waals surface area contributed by atoms with Crippen molar-refractivity contribution in [1.82, 2.24) is 9.88 Å². The van der Waals surface area contributed by atoms with Crippen LogP contribution in [0, 0.1) is 20.8 Å². The summed E-state index contributed by atoms with van der Waals surface area (Å²) in [5.74, 6) is 0. The summed E-state index contributed by atoms with van der Waals surface area (Å²) in [6.07, 6.45) is 5.00. The van der Waals surface area contributed by atoms with E-state index in [1.54, 1.807) is 0 Å². The van der Waals surface area contributed by atoms with E-state index in [9.17, 15) is 4.79 Å². The number of nitrogens with one attached hydrogen (secondary N) is 1. The molecule has 1 atom stereocenters. The third kappa shape index (κ3) is 2.94. The molecule has 2 aromatic rings. The van der Waals surface area contributed by atoms with Crippen LogP contribution in [0.2, 0.25) is 0 Å². The summed E-state index contributed by atoms with van der Waals surface area (Å²) in [5.41, 5.74) is 5.41. The number of pyridine rings is 1. The summed E-state index contributed by atoms with van der Waals surface area (Å²) in [5, 5.41) is 0.871. The maximum atomic E-state index is 13.1. The van der Waals surface area contributed by atoms with Crippen LogP contribution in [0.3, 0.4) is 0 Å². The van der Waals surface area contributed by atoms with Gasteiger partial charge in [0.05, 0.1) is 5.52 Å². The highest BCUT2D eigenvalue weighted by molar-refractivity contribution is 5.85. The fourth-order valence-electron chi connectivity index (χ4n) is 3.97. The first-order valence-electron chi connectivity index (χ1n) is 8.88. The number of H-pyrrole nitrogens is 1. The predicted octanol–water partition coefficient (Wildman–Crippen LogP) is 4.22. The number of hydrogen-bond acceptors (Lipinski definition) is 2. The molecule has 1 saturated heterocycles. The molecule has 1 aliphatic heterocycles. The smallest absolute Gasteiger partial charge is 0.194 e. The summed E-state index contributed by atoms with van der Waals surface area (Å²) in [6.45, 7) is 10.3. The van der Waals surface area contributed by atoms with Crippen molar-refractivity contribution in [3.8, 4) is 0 Å². The SMILES string of the molecule is CC[C@@H]1CCCCN1Cc1c(C)[nH]c2c(C)ccc(C)c2c1=O. The van der Waals surface area contributed by atoms with Crippen molar-refractivity contribution < 1.29 is 0 Å². The summed E-state index contributed by atoms with van der Waals surface area (Å²) in [6, 6.07) is 4.77. The van der Waals surface area contributed by atoms with Crippen LogP contribution in [0.25, 0.3) is 10.9 Å². The van der Waals surface area contributed by atoms with Gasteiger partial charge in [0, 0.05) is 29.2 Å². The van der Waals surface area contributed by atoms with E-state index >= 15 is 0 Å². The van der Waals surface area contributed by atoms with Gasteiger partial charge in [0.1, 0.15) is 0 Å². The zero-order valence-corrected chi connectivity index (χ0v) is 14.8. The second-order valence-corrected chi connectivity index (χ2v) is 7.04. The molecule has 1 aromatic heterocycles. The second-order valence-electron chi connectivity index (χ2n) is 7.04. The minimum absolute atomic E-state index is 0.220. The van der Waals surface area contributed by atoms with Gasteiger partial charge in [-0.3, -0.25) is 9.69 Å². The monoisotopic (exact) mass is 312 g/mol. The van der Waals surface area contributed by atoms with E-state index in [0.717, 1.165) is 46.4 Å². The number of likely N-dealkylation sites (tertiary alicyclic amines) is 1. The topological polar surface area (TPSA) is 36.1 Å². The van der Waals surface area contributed by atoms with Crippen LogP contribution < -0.4 is 5.43 Å². The van der Waals surface area contributed by atoms with Crippen molar-refractivity contribution in [3.05, 3.63) is 44.7 Å². The lowest BCUT2D eigenvalue weighted by Crippen LogP contribution is -2.40. The maximum Gasteiger partial charge on any atom is 0.194 e. The van der Waals surface area contributed by atoms with Crippen LogP contribution in [0.4, 0.5) is 0 Å². The van der Waals surface area contributed by atoms with Crippen LogP contribution in [0.5, 0.6) is 0 Å². The molecule has 1 aliphatic rings. The first-order valence-corrected chi connectivity index (χ1v) is 8.88. The summed E-state index contributed by atoms with van der Waals surface area (Å²) >= 11 is 0. The van der Waals surface area contributed by atoms with Crippen LogP contribution in [-0.2, 0) is 6.54 Å². The fourth-order valence-corrected chi connectivity index (χ4v) is 3.97. The molecule has 0 unspecified atom stereocenters. The number of hydrogen-bond donors (Lipinski definition) is 1. The molecule has 124 valence electrons. The van der Waals surface area contributed by atoms with E-state index in [0.29, 0.717) is 6.04 Å². The standard InChI is InChI=1S/C20H28N2O/c1-5-16-8-6-7-11-22(16)12-17-15(4)21-19-14(3)10-9-13(2)18(19)20(17)23/h9-10,16H,5-8,11-12H2,1-4H3,(H,21,23)/t16-/m1/s1. The molecule has 3 heteroatoms. The van der Waals surface area contributed by atoms with Gasteiger partial charge in [0.15, 0.2) is 5.43 Å². The van der Waals surface area contributed by atoms with E-state index in [1.165, 1.54) is 25.7 Å². The molecule has 1 fully saturated rings. The minimum atomic E-state index is 0.220. The Hall–Kier alpha value is -1.61. The molecular formula is C20H28N2O. The van der Waals surface area contributed by atoms with E-state index in [-0.39, 0.29) is 5.43 Å². The first kappa shape index (κ1) is 16.3. The highest BCUT2D eigenvalue weighted by Gasteiger charge is 2.23. The molecule has 0 saturated carbocycles. The largest absolute Gasteiger partial charge is 0.358 e. The molecule has 0 bridgehead atoms. The van der Waals surface area contributed by atoms with Crippen LogP contribution in [0.15, 0.2) is 16.9 Å². The van der Waals surface area contributed by atoms with E-state index < -0.39 is 0 Å². The Morgan fingerprint density at radius 2 is 1.91 bits per heavy atom. The van der Waals surface area contributed by atoms with Crippen molar-refractivity contribution >= 4 is 10.9 Å².